The Morgan fingerprint density at radius 1 is 0.510 bits per heavy atom. The van der Waals surface area contributed by atoms with E-state index in [0.717, 1.165) is 11.1 Å². The van der Waals surface area contributed by atoms with Gasteiger partial charge in [0.15, 0.2) is 0 Å². The number of rotatable bonds is 12. The predicted octanol–water partition coefficient (Wildman–Crippen LogP) is 0.474. The number of aromatic nitrogens is 4. The van der Waals surface area contributed by atoms with Crippen molar-refractivity contribution in [3.05, 3.63) is 69.3 Å². The summed E-state index contributed by atoms with van der Waals surface area (Å²) >= 11 is 0. The van der Waals surface area contributed by atoms with E-state index in [2.05, 4.69) is 0 Å². The average Bonchev–Trinajstić information content (AvgIpc) is 3.66. The molecule has 258 valence electrons. The van der Waals surface area contributed by atoms with Crippen molar-refractivity contribution in [1.29, 1.82) is 0 Å². The summed E-state index contributed by atoms with van der Waals surface area (Å²) in [5.74, 6) is -4.89. The Hall–Kier alpha value is -5.00. The minimum Gasteiger partial charge on any atom is -0.657 e. The van der Waals surface area contributed by atoms with Crippen molar-refractivity contribution in [1.82, 2.24) is 19.9 Å². The van der Waals surface area contributed by atoms with Crippen molar-refractivity contribution < 1.29 is 56.7 Å². The maximum absolute atomic E-state index is 11.5. The Bertz CT molecular complexity index is 2100. The molecule has 0 aromatic carbocycles. The molecule has 12 nitrogen and oxygen atoms in total. The molecular weight excluding hydrogens is 672 g/mol. The van der Waals surface area contributed by atoms with E-state index in [1.807, 2.05) is 20.8 Å². The van der Waals surface area contributed by atoms with Gasteiger partial charge in [0.25, 0.3) is 0 Å². The van der Waals surface area contributed by atoms with Crippen molar-refractivity contribution in [3.63, 3.8) is 0 Å². The van der Waals surface area contributed by atoms with Gasteiger partial charge in [-0.05, 0) is 101 Å². The summed E-state index contributed by atoms with van der Waals surface area (Å²) < 4.78 is 0. The third-order valence-corrected chi connectivity index (χ3v) is 8.96. The Balaban J connectivity index is 0.00000541. The number of hydrogen-bond donors (Lipinski definition) is 0. The van der Waals surface area contributed by atoms with E-state index in [4.69, 9.17) is 19.9 Å². The van der Waals surface area contributed by atoms with Crippen LogP contribution in [0.1, 0.15) is 97.4 Å². The SMILES string of the molecule is CC1=C(CCC(=O)[O-])c2cc3[n-]c(cc4nc(cc5[n-]c(cc1n2)c(CCC(=O)[O-])c5C)C(C)=C4CCC(=O)[O-])c(CCC(=O)[O-])c3C.[Fe]. The van der Waals surface area contributed by atoms with Crippen LogP contribution >= 0.6 is 0 Å². The van der Waals surface area contributed by atoms with Gasteiger partial charge in [-0.3, -0.25) is 0 Å². The second kappa shape index (κ2) is 15.0. The van der Waals surface area contributed by atoms with Gasteiger partial charge in [0.2, 0.25) is 0 Å². The van der Waals surface area contributed by atoms with Gasteiger partial charge in [0, 0.05) is 40.9 Å². The van der Waals surface area contributed by atoms with Gasteiger partial charge in [0.1, 0.15) is 0 Å². The maximum Gasteiger partial charge on any atom is 0.0660 e. The first-order valence-electron chi connectivity index (χ1n) is 15.6. The molecule has 2 aliphatic heterocycles. The predicted molar refractivity (Wildman–Crippen MR) is 169 cm³/mol. The fourth-order valence-electron chi connectivity index (χ4n) is 6.24. The Kier molecular flexibility index (Phi) is 11.3. The zero-order chi connectivity index (χ0) is 34.9. The summed E-state index contributed by atoms with van der Waals surface area (Å²) in [5.41, 5.74) is 9.44. The van der Waals surface area contributed by atoms with E-state index in [1.54, 1.807) is 31.2 Å². The van der Waals surface area contributed by atoms with Crippen molar-refractivity contribution in [3.8, 4) is 0 Å². The minimum absolute atomic E-state index is 0. The molecule has 0 spiro atoms. The minimum atomic E-state index is -1.23. The first-order valence-corrected chi connectivity index (χ1v) is 15.6. The Morgan fingerprint density at radius 2 is 0.816 bits per heavy atom. The first kappa shape index (κ1) is 36.8. The molecule has 49 heavy (non-hydrogen) atoms. The quantitative estimate of drug-likeness (QED) is 0.235. The number of nitrogens with zero attached hydrogens (tertiary/aromatic N) is 4. The smallest absolute Gasteiger partial charge is 0.0660 e. The molecule has 8 bridgehead atoms. The number of allylic oxidation sites excluding steroid dienone is 4. The van der Waals surface area contributed by atoms with Crippen LogP contribution in [0.5, 0.6) is 0 Å². The summed E-state index contributed by atoms with van der Waals surface area (Å²) in [6.45, 7) is 7.28. The van der Waals surface area contributed by atoms with Gasteiger partial charge in [-0.25, -0.2) is 9.97 Å². The Labute approximate surface area is 292 Å². The number of aliphatic carboxylic acids is 4. The van der Waals surface area contributed by atoms with Gasteiger partial charge >= 0.3 is 0 Å². The molecule has 0 unspecified atom stereocenters. The molecule has 0 radical (unpaired) electrons. The Morgan fingerprint density at radius 3 is 1.18 bits per heavy atom. The molecule has 0 amide bonds. The molecule has 0 saturated heterocycles. The topological polar surface area (TPSA) is 214 Å². The van der Waals surface area contributed by atoms with Crippen LogP contribution in [0, 0.1) is 13.8 Å². The average molecular weight is 705 g/mol. The molecule has 5 rings (SSSR count). The molecule has 3 aromatic heterocycles. The molecular formula is C36H32FeN4O8-6. The summed E-state index contributed by atoms with van der Waals surface area (Å²) in [6.07, 6.45) is -0.486. The van der Waals surface area contributed by atoms with Crippen LogP contribution < -0.4 is 30.4 Å². The van der Waals surface area contributed by atoms with E-state index >= 15 is 0 Å². The third-order valence-electron chi connectivity index (χ3n) is 8.96. The summed E-state index contributed by atoms with van der Waals surface area (Å²) in [6, 6.07) is 6.94. The number of aryl methyl sites for hydroxylation is 4. The maximum atomic E-state index is 11.5. The van der Waals surface area contributed by atoms with Crippen LogP contribution in [0.3, 0.4) is 0 Å². The van der Waals surface area contributed by atoms with Crippen molar-refractivity contribution >= 4 is 68.2 Å². The van der Waals surface area contributed by atoms with E-state index in [0.29, 0.717) is 78.3 Å². The molecule has 13 heteroatoms. The van der Waals surface area contributed by atoms with Gasteiger partial charge < -0.3 is 49.6 Å². The zero-order valence-corrected chi connectivity index (χ0v) is 28.5. The molecule has 5 heterocycles. The van der Waals surface area contributed by atoms with Gasteiger partial charge in [-0.1, -0.05) is 46.5 Å². The van der Waals surface area contributed by atoms with Crippen molar-refractivity contribution in [2.45, 2.75) is 79.1 Å². The number of fused-ring (bicyclic) bond motifs is 8. The number of carbonyl (C=O) groups is 4. The molecule has 2 aliphatic rings. The van der Waals surface area contributed by atoms with Gasteiger partial charge in [-0.15, -0.1) is 22.1 Å². The summed E-state index contributed by atoms with van der Waals surface area (Å²) in [5, 5.41) is 45.8. The van der Waals surface area contributed by atoms with Crippen LogP contribution in [0.4, 0.5) is 0 Å². The van der Waals surface area contributed by atoms with Crippen LogP contribution in [0.2, 0.25) is 0 Å². The summed E-state index contributed by atoms with van der Waals surface area (Å²) in [7, 11) is 0. The molecule has 0 saturated carbocycles. The largest absolute Gasteiger partial charge is 0.657 e. The van der Waals surface area contributed by atoms with Gasteiger partial charge in [0.05, 0.1) is 22.8 Å². The monoisotopic (exact) mass is 704 g/mol. The van der Waals surface area contributed by atoms with Crippen molar-refractivity contribution in [2.75, 3.05) is 0 Å². The van der Waals surface area contributed by atoms with Crippen LogP contribution in [0.25, 0.3) is 44.4 Å². The number of hydrogen-bond acceptors (Lipinski definition) is 10. The first-order chi connectivity index (χ1) is 22.7. The summed E-state index contributed by atoms with van der Waals surface area (Å²) in [4.78, 5) is 65.2. The molecule has 3 aromatic rings. The van der Waals surface area contributed by atoms with E-state index in [1.165, 1.54) is 0 Å². The third kappa shape index (κ3) is 8.01. The molecule has 0 fully saturated rings. The van der Waals surface area contributed by atoms with Crippen molar-refractivity contribution in [2.24, 2.45) is 0 Å². The molecule has 0 atom stereocenters. The number of carbonyl (C=O) groups excluding carboxylic acids is 4. The van der Waals surface area contributed by atoms with Crippen LogP contribution in [-0.4, -0.2) is 33.8 Å². The fraction of sp³-hybridized carbons (Fsp3) is 0.333. The van der Waals surface area contributed by atoms with Crippen LogP contribution in [0.15, 0.2) is 24.3 Å². The van der Waals surface area contributed by atoms with E-state index < -0.39 is 23.9 Å². The van der Waals surface area contributed by atoms with E-state index in [9.17, 15) is 39.6 Å². The fourth-order valence-corrected chi connectivity index (χ4v) is 6.24. The molecule has 0 aliphatic carbocycles. The van der Waals surface area contributed by atoms with Crippen LogP contribution in [-0.2, 0) is 49.1 Å². The number of carboxylic acids is 4. The zero-order valence-electron chi connectivity index (χ0n) is 27.4. The van der Waals surface area contributed by atoms with E-state index in [-0.39, 0.29) is 68.4 Å². The normalized spacial score (nSPS) is 12.7. The van der Waals surface area contributed by atoms with Gasteiger partial charge in [-0.2, -0.15) is 0 Å². The standard InChI is InChI=1S/C36H38N4O8.Fe/c1-17-21(5-9-33(41)42)29-14-27-19(3)22(6-10-34(43)44)30(39-27)15-28-20(4)24(8-12-36(47)48)32(40-28)16-31-23(7-11-35(45)46)18(2)26(38-31)13-25(17)37-29;/h13-16H,5-12H2,1-4H3,(H6,37,38,39,40,41,42,43,44,45,46,47,48);/p-6. The number of carboxylic acid groups (broad SMARTS) is 4. The second-order valence-corrected chi connectivity index (χ2v) is 12.0. The molecule has 0 N–H and O–H groups in total. The second-order valence-electron chi connectivity index (χ2n) is 12.0.